The highest BCUT2D eigenvalue weighted by atomic mass is 16.5. The zero-order chi connectivity index (χ0) is 14.5. The lowest BCUT2D eigenvalue weighted by atomic mass is 9.93. The number of piperidine rings is 1. The van der Waals surface area contributed by atoms with Crippen LogP contribution in [0.2, 0.25) is 0 Å². The van der Waals surface area contributed by atoms with E-state index in [2.05, 4.69) is 30.9 Å². The van der Waals surface area contributed by atoms with Crippen molar-refractivity contribution >= 4 is 0 Å². The van der Waals surface area contributed by atoms with Crippen LogP contribution in [0.15, 0.2) is 24.3 Å². The van der Waals surface area contributed by atoms with Gasteiger partial charge in [-0.15, -0.1) is 0 Å². The molecule has 1 aromatic rings. The molecule has 3 unspecified atom stereocenters. The molecule has 20 heavy (non-hydrogen) atoms. The van der Waals surface area contributed by atoms with Gasteiger partial charge in [0.1, 0.15) is 5.75 Å². The fourth-order valence-corrected chi connectivity index (χ4v) is 3.40. The predicted octanol–water partition coefficient (Wildman–Crippen LogP) is 2.83. The largest absolute Gasteiger partial charge is 0.496 e. The van der Waals surface area contributed by atoms with Gasteiger partial charge in [0.25, 0.3) is 0 Å². The van der Waals surface area contributed by atoms with E-state index >= 15 is 0 Å². The van der Waals surface area contributed by atoms with Crippen molar-refractivity contribution in [3.8, 4) is 5.75 Å². The normalized spacial score (nSPS) is 23.3. The van der Waals surface area contributed by atoms with Crippen molar-refractivity contribution in [3.63, 3.8) is 0 Å². The van der Waals surface area contributed by atoms with E-state index in [0.717, 1.165) is 12.2 Å². The van der Waals surface area contributed by atoms with E-state index in [1.807, 2.05) is 12.1 Å². The van der Waals surface area contributed by atoms with Crippen LogP contribution in [0.1, 0.15) is 38.7 Å². The average Bonchev–Trinajstić information content (AvgIpc) is 2.47. The van der Waals surface area contributed by atoms with Crippen LogP contribution in [-0.2, 0) is 6.42 Å². The standard InChI is InChI=1S/C17H28N2O/c1-13(12-15-8-4-5-10-17(15)20-3)19-11-7-6-9-16(19)14(2)18/h4-5,8,10,13-14,16H,6-7,9,11-12,18H2,1-3H3. The fourth-order valence-electron chi connectivity index (χ4n) is 3.40. The van der Waals surface area contributed by atoms with Gasteiger partial charge in [0.15, 0.2) is 0 Å². The van der Waals surface area contributed by atoms with Crippen LogP contribution in [0.3, 0.4) is 0 Å². The molecule has 3 atom stereocenters. The number of nitrogens with zero attached hydrogens (tertiary/aromatic N) is 1. The summed E-state index contributed by atoms with van der Waals surface area (Å²) in [6.07, 6.45) is 4.85. The van der Waals surface area contributed by atoms with Crippen LogP contribution in [0.5, 0.6) is 5.75 Å². The van der Waals surface area contributed by atoms with Crippen molar-refractivity contribution < 1.29 is 4.74 Å². The molecule has 0 amide bonds. The molecule has 1 aromatic carbocycles. The Kier molecular flexibility index (Phi) is 5.44. The molecule has 0 aliphatic carbocycles. The Morgan fingerprint density at radius 2 is 2.05 bits per heavy atom. The summed E-state index contributed by atoms with van der Waals surface area (Å²) in [5.41, 5.74) is 7.47. The van der Waals surface area contributed by atoms with Gasteiger partial charge >= 0.3 is 0 Å². The first-order chi connectivity index (χ1) is 9.63. The predicted molar refractivity (Wildman–Crippen MR) is 84.2 cm³/mol. The minimum Gasteiger partial charge on any atom is -0.496 e. The first-order valence-electron chi connectivity index (χ1n) is 7.76. The summed E-state index contributed by atoms with van der Waals surface area (Å²) in [6.45, 7) is 5.62. The Morgan fingerprint density at radius 3 is 2.75 bits per heavy atom. The van der Waals surface area contributed by atoms with Gasteiger partial charge in [0.2, 0.25) is 0 Å². The number of rotatable bonds is 5. The minimum absolute atomic E-state index is 0.246. The maximum Gasteiger partial charge on any atom is 0.122 e. The van der Waals surface area contributed by atoms with E-state index in [4.69, 9.17) is 10.5 Å². The van der Waals surface area contributed by atoms with Gasteiger partial charge in [-0.25, -0.2) is 0 Å². The number of ether oxygens (including phenoxy) is 1. The second kappa shape index (κ2) is 7.09. The summed E-state index contributed by atoms with van der Waals surface area (Å²) in [7, 11) is 1.75. The zero-order valence-corrected chi connectivity index (χ0v) is 13.0. The summed E-state index contributed by atoms with van der Waals surface area (Å²) in [5, 5.41) is 0. The number of likely N-dealkylation sites (tertiary alicyclic amines) is 1. The maximum atomic E-state index is 6.18. The summed E-state index contributed by atoms with van der Waals surface area (Å²) >= 11 is 0. The molecule has 0 saturated carbocycles. The van der Waals surface area contributed by atoms with Crippen molar-refractivity contribution in [2.24, 2.45) is 5.73 Å². The monoisotopic (exact) mass is 276 g/mol. The third kappa shape index (κ3) is 3.53. The van der Waals surface area contributed by atoms with Crippen molar-refractivity contribution in [2.75, 3.05) is 13.7 Å². The Hall–Kier alpha value is -1.06. The Morgan fingerprint density at radius 1 is 1.30 bits per heavy atom. The van der Waals surface area contributed by atoms with Crippen LogP contribution in [0, 0.1) is 0 Å². The second-order valence-electron chi connectivity index (χ2n) is 6.03. The van der Waals surface area contributed by atoms with Crippen LogP contribution < -0.4 is 10.5 Å². The van der Waals surface area contributed by atoms with Crippen LogP contribution in [-0.4, -0.2) is 36.7 Å². The Labute approximate surface area is 123 Å². The molecule has 1 aliphatic rings. The topological polar surface area (TPSA) is 38.5 Å². The number of hydrogen-bond acceptors (Lipinski definition) is 3. The number of benzene rings is 1. The molecule has 1 saturated heterocycles. The van der Waals surface area contributed by atoms with Crippen molar-refractivity contribution in [3.05, 3.63) is 29.8 Å². The maximum absolute atomic E-state index is 6.18. The zero-order valence-electron chi connectivity index (χ0n) is 13.0. The molecule has 2 N–H and O–H groups in total. The smallest absolute Gasteiger partial charge is 0.122 e. The summed E-state index contributed by atoms with van der Waals surface area (Å²) in [5.74, 6) is 0.994. The van der Waals surface area contributed by atoms with Crippen LogP contribution >= 0.6 is 0 Å². The Balaban J connectivity index is 2.08. The molecule has 0 bridgehead atoms. The first kappa shape index (κ1) is 15.3. The molecule has 3 heteroatoms. The average molecular weight is 276 g/mol. The number of nitrogens with two attached hydrogens (primary N) is 1. The summed E-state index contributed by atoms with van der Waals surface area (Å²) in [6, 6.07) is 9.59. The molecule has 2 rings (SSSR count). The number of methoxy groups -OCH3 is 1. The highest BCUT2D eigenvalue weighted by Gasteiger charge is 2.29. The van der Waals surface area contributed by atoms with Gasteiger partial charge in [-0.2, -0.15) is 0 Å². The molecular formula is C17H28N2O. The van der Waals surface area contributed by atoms with E-state index in [0.29, 0.717) is 12.1 Å². The van der Waals surface area contributed by atoms with Crippen LogP contribution in [0.25, 0.3) is 0 Å². The molecule has 0 aromatic heterocycles. The van der Waals surface area contributed by atoms with Crippen LogP contribution in [0.4, 0.5) is 0 Å². The third-order valence-electron chi connectivity index (χ3n) is 4.47. The van der Waals surface area contributed by atoms with Gasteiger partial charge in [0, 0.05) is 18.1 Å². The highest BCUT2D eigenvalue weighted by molar-refractivity contribution is 5.33. The highest BCUT2D eigenvalue weighted by Crippen LogP contribution is 2.25. The van der Waals surface area contributed by atoms with Crippen molar-refractivity contribution in [1.82, 2.24) is 4.90 Å². The van der Waals surface area contributed by atoms with E-state index in [9.17, 15) is 0 Å². The lowest BCUT2D eigenvalue weighted by Gasteiger charge is -2.42. The number of hydrogen-bond donors (Lipinski definition) is 1. The Bertz CT molecular complexity index is 419. The van der Waals surface area contributed by atoms with E-state index in [-0.39, 0.29) is 6.04 Å². The van der Waals surface area contributed by atoms with Gasteiger partial charge in [-0.05, 0) is 51.3 Å². The minimum atomic E-state index is 0.246. The van der Waals surface area contributed by atoms with Gasteiger partial charge in [0.05, 0.1) is 7.11 Å². The van der Waals surface area contributed by atoms with E-state index < -0.39 is 0 Å². The van der Waals surface area contributed by atoms with Gasteiger partial charge < -0.3 is 10.5 Å². The van der Waals surface area contributed by atoms with Gasteiger partial charge in [-0.1, -0.05) is 24.6 Å². The molecule has 1 heterocycles. The molecule has 1 aliphatic heterocycles. The SMILES string of the molecule is COc1ccccc1CC(C)N1CCCCC1C(C)N. The lowest BCUT2D eigenvalue weighted by Crippen LogP contribution is -2.53. The number of para-hydroxylation sites is 1. The first-order valence-corrected chi connectivity index (χ1v) is 7.76. The molecular weight excluding hydrogens is 248 g/mol. The van der Waals surface area contributed by atoms with E-state index in [1.54, 1.807) is 7.11 Å². The van der Waals surface area contributed by atoms with Crippen molar-refractivity contribution in [1.29, 1.82) is 0 Å². The molecule has 0 radical (unpaired) electrons. The molecule has 3 nitrogen and oxygen atoms in total. The van der Waals surface area contributed by atoms with E-state index in [1.165, 1.54) is 31.4 Å². The van der Waals surface area contributed by atoms with Crippen molar-refractivity contribution in [2.45, 2.75) is 57.7 Å². The summed E-state index contributed by atoms with van der Waals surface area (Å²) in [4.78, 5) is 2.60. The third-order valence-corrected chi connectivity index (χ3v) is 4.47. The van der Waals surface area contributed by atoms with Gasteiger partial charge in [-0.3, -0.25) is 4.90 Å². The second-order valence-corrected chi connectivity index (χ2v) is 6.03. The molecule has 1 fully saturated rings. The molecule has 112 valence electrons. The quantitative estimate of drug-likeness (QED) is 0.898. The molecule has 0 spiro atoms. The fraction of sp³-hybridized carbons (Fsp3) is 0.647. The summed E-state index contributed by atoms with van der Waals surface area (Å²) < 4.78 is 5.46. The lowest BCUT2D eigenvalue weighted by molar-refractivity contribution is 0.0887.